The van der Waals surface area contributed by atoms with Crippen LogP contribution in [-0.2, 0) is 5.41 Å². The molecule has 98 valence electrons. The lowest BCUT2D eigenvalue weighted by Gasteiger charge is -2.14. The smallest absolute Gasteiger partial charge is 0.183 e. The molecule has 2 heterocycles. The Balaban J connectivity index is 2.03. The zero-order valence-corrected chi connectivity index (χ0v) is 11.7. The van der Waals surface area contributed by atoms with E-state index in [1.807, 2.05) is 0 Å². The third kappa shape index (κ3) is 2.14. The number of hydrogen-bond donors (Lipinski definition) is 1. The van der Waals surface area contributed by atoms with E-state index in [1.165, 1.54) is 5.56 Å². The van der Waals surface area contributed by atoms with E-state index in [1.54, 1.807) is 4.63 Å². The van der Waals surface area contributed by atoms with Gasteiger partial charge in [-0.2, -0.15) is 4.63 Å². The van der Waals surface area contributed by atoms with Crippen LogP contribution in [0.2, 0.25) is 0 Å². The van der Waals surface area contributed by atoms with Gasteiger partial charge in [-0.05, 0) is 6.92 Å². The number of nitrogens with one attached hydrogen (secondary N) is 1. The molecule has 0 amide bonds. The maximum absolute atomic E-state index is 4.57. The zero-order valence-electron chi connectivity index (χ0n) is 11.7. The van der Waals surface area contributed by atoms with Crippen molar-refractivity contribution in [1.29, 1.82) is 0 Å². The second-order valence-electron chi connectivity index (χ2n) is 5.99. The minimum atomic E-state index is 0.0758. The molecule has 0 aliphatic rings. The quantitative estimate of drug-likeness (QED) is 0.724. The molecule has 0 bridgehead atoms. The average molecular weight is 254 g/mol. The summed E-state index contributed by atoms with van der Waals surface area (Å²) in [6.45, 7) is 8.57. The van der Waals surface area contributed by atoms with Gasteiger partial charge in [0.25, 0.3) is 0 Å². The highest BCUT2D eigenvalue weighted by Gasteiger charge is 2.18. The van der Waals surface area contributed by atoms with E-state index in [0.717, 1.165) is 22.7 Å². The maximum atomic E-state index is 4.57. The third-order valence-corrected chi connectivity index (χ3v) is 3.25. The van der Waals surface area contributed by atoms with Crippen LogP contribution in [0.4, 0.5) is 0 Å². The van der Waals surface area contributed by atoms with Gasteiger partial charge in [0.1, 0.15) is 0 Å². The van der Waals surface area contributed by atoms with Gasteiger partial charge in [0.2, 0.25) is 0 Å². The lowest BCUT2D eigenvalue weighted by Crippen LogP contribution is -2.12. The standard InChI is InChI=1S/C15H18N4/c1-10-5-7-11(8-6-10)14-16-13-9-12(15(2,3)4)17-19(13)18-14/h5-9,17H,1-4H3. The molecular formula is C15H18N4. The molecule has 0 unspecified atom stereocenters. The monoisotopic (exact) mass is 254 g/mol. The van der Waals surface area contributed by atoms with Gasteiger partial charge < -0.3 is 0 Å². The molecule has 0 aliphatic heterocycles. The van der Waals surface area contributed by atoms with Gasteiger partial charge >= 0.3 is 0 Å². The number of aromatic nitrogens is 4. The molecule has 0 radical (unpaired) electrons. The van der Waals surface area contributed by atoms with Crippen molar-refractivity contribution in [2.45, 2.75) is 33.1 Å². The Morgan fingerprint density at radius 2 is 1.79 bits per heavy atom. The predicted molar refractivity (Wildman–Crippen MR) is 76.2 cm³/mol. The first-order valence-electron chi connectivity index (χ1n) is 6.47. The van der Waals surface area contributed by atoms with E-state index in [0.29, 0.717) is 0 Å². The fraction of sp³-hybridized carbons (Fsp3) is 0.333. The Morgan fingerprint density at radius 1 is 1.11 bits per heavy atom. The number of fused-ring (bicyclic) bond motifs is 1. The summed E-state index contributed by atoms with van der Waals surface area (Å²) < 4.78 is 1.75. The minimum Gasteiger partial charge on any atom is -0.280 e. The zero-order chi connectivity index (χ0) is 13.6. The van der Waals surface area contributed by atoms with Gasteiger partial charge in [-0.3, -0.25) is 5.10 Å². The fourth-order valence-electron chi connectivity index (χ4n) is 1.98. The van der Waals surface area contributed by atoms with Crippen molar-refractivity contribution in [3.63, 3.8) is 0 Å². The molecule has 0 spiro atoms. The van der Waals surface area contributed by atoms with E-state index < -0.39 is 0 Å². The fourth-order valence-corrected chi connectivity index (χ4v) is 1.98. The van der Waals surface area contributed by atoms with E-state index in [4.69, 9.17) is 0 Å². The highest BCUT2D eigenvalue weighted by Crippen LogP contribution is 2.23. The van der Waals surface area contributed by atoms with Crippen LogP contribution < -0.4 is 0 Å². The van der Waals surface area contributed by atoms with Crippen LogP contribution in [0.25, 0.3) is 17.0 Å². The number of hydrogen-bond acceptors (Lipinski definition) is 2. The lowest BCUT2D eigenvalue weighted by molar-refractivity contribution is 0.557. The van der Waals surface area contributed by atoms with Crippen molar-refractivity contribution >= 4 is 5.65 Å². The summed E-state index contributed by atoms with van der Waals surface area (Å²) in [5, 5.41) is 7.78. The van der Waals surface area contributed by atoms with Crippen molar-refractivity contribution < 1.29 is 0 Å². The van der Waals surface area contributed by atoms with Gasteiger partial charge in [0.15, 0.2) is 11.5 Å². The van der Waals surface area contributed by atoms with Crippen LogP contribution in [0.5, 0.6) is 0 Å². The molecule has 0 fully saturated rings. The first kappa shape index (κ1) is 12.0. The minimum absolute atomic E-state index is 0.0758. The molecule has 0 saturated carbocycles. The first-order valence-corrected chi connectivity index (χ1v) is 6.47. The SMILES string of the molecule is Cc1ccc(-c2nc3cc(C(C)(C)C)[nH]n3n2)cc1. The Kier molecular flexibility index (Phi) is 2.49. The summed E-state index contributed by atoms with van der Waals surface area (Å²) in [6, 6.07) is 10.3. The van der Waals surface area contributed by atoms with Crippen molar-refractivity contribution in [3.8, 4) is 11.4 Å². The summed E-state index contributed by atoms with van der Waals surface area (Å²) in [5.74, 6) is 0.756. The van der Waals surface area contributed by atoms with E-state index in [2.05, 4.69) is 73.2 Å². The Labute approximate surface area is 112 Å². The average Bonchev–Trinajstić information content (AvgIpc) is 2.86. The lowest BCUT2D eigenvalue weighted by atomic mass is 9.93. The van der Waals surface area contributed by atoms with Crippen LogP contribution in [0, 0.1) is 6.92 Å². The van der Waals surface area contributed by atoms with Gasteiger partial charge in [0, 0.05) is 22.7 Å². The molecule has 1 N–H and O–H groups in total. The third-order valence-electron chi connectivity index (χ3n) is 3.25. The normalized spacial score (nSPS) is 12.2. The topological polar surface area (TPSA) is 46.0 Å². The molecule has 19 heavy (non-hydrogen) atoms. The number of aromatic amines is 1. The molecule has 3 aromatic rings. The van der Waals surface area contributed by atoms with E-state index in [-0.39, 0.29) is 5.41 Å². The van der Waals surface area contributed by atoms with Gasteiger partial charge in [0.05, 0.1) is 0 Å². The molecular weight excluding hydrogens is 236 g/mol. The van der Waals surface area contributed by atoms with Crippen LogP contribution in [-0.4, -0.2) is 19.8 Å². The second kappa shape index (κ2) is 3.95. The van der Waals surface area contributed by atoms with Crippen LogP contribution in [0.15, 0.2) is 30.3 Å². The van der Waals surface area contributed by atoms with E-state index >= 15 is 0 Å². The largest absolute Gasteiger partial charge is 0.280 e. The molecule has 0 atom stereocenters. The van der Waals surface area contributed by atoms with Crippen molar-refractivity contribution in [3.05, 3.63) is 41.6 Å². The Bertz CT molecular complexity index is 679. The molecule has 0 saturated heterocycles. The highest BCUT2D eigenvalue weighted by molar-refractivity contribution is 5.58. The van der Waals surface area contributed by atoms with Gasteiger partial charge in [-0.1, -0.05) is 50.6 Å². The summed E-state index contributed by atoms with van der Waals surface area (Å²) in [6.07, 6.45) is 0. The first-order chi connectivity index (χ1) is 8.93. The molecule has 3 rings (SSSR count). The summed E-state index contributed by atoms with van der Waals surface area (Å²) in [5.41, 5.74) is 4.36. The number of H-pyrrole nitrogens is 1. The van der Waals surface area contributed by atoms with Crippen molar-refractivity contribution in [1.82, 2.24) is 19.8 Å². The maximum Gasteiger partial charge on any atom is 0.183 e. The molecule has 4 nitrogen and oxygen atoms in total. The summed E-state index contributed by atoms with van der Waals surface area (Å²) in [4.78, 5) is 4.57. The summed E-state index contributed by atoms with van der Waals surface area (Å²) >= 11 is 0. The molecule has 2 aromatic heterocycles. The number of aryl methyl sites for hydroxylation is 1. The Hall–Kier alpha value is -2.10. The second-order valence-corrected chi connectivity index (χ2v) is 5.99. The van der Waals surface area contributed by atoms with Crippen molar-refractivity contribution in [2.75, 3.05) is 0 Å². The predicted octanol–water partition coefficient (Wildman–Crippen LogP) is 3.33. The van der Waals surface area contributed by atoms with Crippen LogP contribution in [0.3, 0.4) is 0 Å². The number of benzene rings is 1. The van der Waals surface area contributed by atoms with E-state index in [9.17, 15) is 0 Å². The van der Waals surface area contributed by atoms with Gasteiger partial charge in [-0.15, -0.1) is 5.10 Å². The molecule has 1 aromatic carbocycles. The van der Waals surface area contributed by atoms with Crippen molar-refractivity contribution in [2.24, 2.45) is 0 Å². The molecule has 0 aliphatic carbocycles. The molecule has 4 heteroatoms. The Morgan fingerprint density at radius 3 is 2.37 bits per heavy atom. The summed E-state index contributed by atoms with van der Waals surface area (Å²) in [7, 11) is 0. The number of rotatable bonds is 1. The van der Waals surface area contributed by atoms with Crippen LogP contribution >= 0.6 is 0 Å². The highest BCUT2D eigenvalue weighted by atomic mass is 15.5. The number of nitrogens with zero attached hydrogens (tertiary/aromatic N) is 3. The van der Waals surface area contributed by atoms with Gasteiger partial charge in [-0.25, -0.2) is 4.98 Å². The van der Waals surface area contributed by atoms with Crippen LogP contribution in [0.1, 0.15) is 32.0 Å².